The van der Waals surface area contributed by atoms with Gasteiger partial charge in [-0.1, -0.05) is 32.0 Å². The summed E-state index contributed by atoms with van der Waals surface area (Å²) >= 11 is 0. The van der Waals surface area contributed by atoms with E-state index in [0.29, 0.717) is 18.2 Å². The molecule has 3 heterocycles. The van der Waals surface area contributed by atoms with E-state index in [1.54, 1.807) is 18.4 Å². The van der Waals surface area contributed by atoms with Crippen LogP contribution in [-0.2, 0) is 18.8 Å². The summed E-state index contributed by atoms with van der Waals surface area (Å²) in [7, 11) is -1.66. The van der Waals surface area contributed by atoms with Gasteiger partial charge in [-0.25, -0.2) is 14.6 Å². The molecule has 4 rings (SSSR count). The van der Waals surface area contributed by atoms with Gasteiger partial charge in [-0.05, 0) is 64.8 Å². The number of nitrogen functional groups attached to an aromatic ring is 1. The molecule has 0 spiro atoms. The fraction of sp³-hybridized carbons (Fsp3) is 0.500. The second kappa shape index (κ2) is 13.1. The summed E-state index contributed by atoms with van der Waals surface area (Å²) in [5.41, 5.74) is 6.63. The van der Waals surface area contributed by atoms with Crippen LogP contribution in [0.15, 0.2) is 48.8 Å². The molecule has 1 saturated heterocycles. The highest BCUT2D eigenvalue weighted by atomic mass is 31.2. The van der Waals surface area contributed by atoms with E-state index in [1.807, 2.05) is 70.2 Å². The molecule has 0 saturated carbocycles. The molecule has 37 heavy (non-hydrogen) atoms. The van der Waals surface area contributed by atoms with Crippen LogP contribution in [0.4, 0.5) is 5.82 Å². The van der Waals surface area contributed by atoms with Gasteiger partial charge >= 0.3 is 14.5 Å². The van der Waals surface area contributed by atoms with Crippen molar-refractivity contribution in [2.75, 3.05) is 12.3 Å². The fourth-order valence-electron chi connectivity index (χ4n) is 3.71. The molecule has 1 aromatic carbocycles. The number of para-hydroxylation sites is 1. The maximum absolute atomic E-state index is 12.6. The third kappa shape index (κ3) is 7.61. The molecule has 1 fully saturated rings. The monoisotopic (exact) mass is 531 g/mol. The van der Waals surface area contributed by atoms with E-state index in [4.69, 9.17) is 24.3 Å². The number of ether oxygens (including phenoxy) is 2. The molecule has 0 bridgehead atoms. The van der Waals surface area contributed by atoms with Gasteiger partial charge in [-0.2, -0.15) is 5.10 Å². The number of anilines is 1. The zero-order chi connectivity index (χ0) is 27.0. The average Bonchev–Trinajstić information content (AvgIpc) is 3.51. The number of hydrogen-bond acceptors (Lipinski definition) is 9. The van der Waals surface area contributed by atoms with Crippen LogP contribution < -0.4 is 15.3 Å². The van der Waals surface area contributed by atoms with Crippen LogP contribution in [0.3, 0.4) is 0 Å². The Labute approximate surface area is 219 Å². The van der Waals surface area contributed by atoms with Crippen LogP contribution in [0.2, 0.25) is 0 Å². The van der Waals surface area contributed by atoms with Crippen LogP contribution in [0, 0.1) is 0 Å². The van der Waals surface area contributed by atoms with E-state index in [1.165, 1.54) is 6.33 Å². The third-order valence-corrected chi connectivity index (χ3v) is 6.98. The molecular formula is C26H38N5O5P. The minimum atomic E-state index is -1.66. The highest BCUT2D eigenvalue weighted by molar-refractivity contribution is 7.45. The highest BCUT2D eigenvalue weighted by Crippen LogP contribution is 2.40. The van der Waals surface area contributed by atoms with Crippen molar-refractivity contribution in [3.05, 3.63) is 54.5 Å². The number of nitrogens with two attached hydrogens (primary N) is 1. The number of esters is 1. The second-order valence-electron chi connectivity index (χ2n) is 9.17. The van der Waals surface area contributed by atoms with Crippen molar-refractivity contribution in [2.45, 2.75) is 78.2 Å². The summed E-state index contributed by atoms with van der Waals surface area (Å²) in [4.78, 5) is 16.6. The molecule has 3 N–H and O–H groups in total. The lowest BCUT2D eigenvalue weighted by Crippen LogP contribution is -2.46. The van der Waals surface area contributed by atoms with E-state index < -0.39 is 14.1 Å². The summed E-state index contributed by atoms with van der Waals surface area (Å²) in [5, 5.41) is 7.51. The fourth-order valence-corrected chi connectivity index (χ4v) is 5.03. The number of nitrogens with one attached hydrogen (secondary N) is 1. The van der Waals surface area contributed by atoms with Gasteiger partial charge in [-0.15, -0.1) is 0 Å². The van der Waals surface area contributed by atoms with Crippen LogP contribution in [0.1, 0.15) is 66.2 Å². The smallest absolute Gasteiger partial charge is 0.326 e. The molecule has 1 aliphatic heterocycles. The number of aromatic nitrogens is 3. The molecule has 11 heteroatoms. The first-order valence-electron chi connectivity index (χ1n) is 12.6. The van der Waals surface area contributed by atoms with E-state index in [2.05, 4.69) is 15.2 Å². The van der Waals surface area contributed by atoms with Crippen molar-refractivity contribution in [3.8, 4) is 5.75 Å². The van der Waals surface area contributed by atoms with E-state index in [-0.39, 0.29) is 24.3 Å². The molecule has 2 aromatic heterocycles. The van der Waals surface area contributed by atoms with Gasteiger partial charge < -0.3 is 24.3 Å². The summed E-state index contributed by atoms with van der Waals surface area (Å²) in [6, 6.07) is 13.2. The number of fused-ring (bicyclic) bond motifs is 1. The molecular weight excluding hydrogens is 493 g/mol. The Balaban J connectivity index is 0.00000186. The molecule has 3 atom stereocenters. The number of carbonyl (C=O) groups excluding carboxylic acids is 1. The van der Waals surface area contributed by atoms with Gasteiger partial charge in [-0.3, -0.25) is 4.79 Å². The minimum Gasteiger partial charge on any atom is -0.462 e. The van der Waals surface area contributed by atoms with E-state index >= 15 is 0 Å². The lowest BCUT2D eigenvalue weighted by molar-refractivity contribution is -0.153. The zero-order valence-corrected chi connectivity index (χ0v) is 23.3. The first kappa shape index (κ1) is 28.8. The van der Waals surface area contributed by atoms with Crippen molar-refractivity contribution in [3.63, 3.8) is 0 Å². The Morgan fingerprint density at radius 3 is 2.65 bits per heavy atom. The van der Waals surface area contributed by atoms with Crippen molar-refractivity contribution in [1.29, 1.82) is 0 Å². The Morgan fingerprint density at radius 2 is 1.95 bits per heavy atom. The molecule has 3 aromatic rings. The Morgan fingerprint density at radius 1 is 1.22 bits per heavy atom. The van der Waals surface area contributed by atoms with Crippen LogP contribution >= 0.6 is 8.53 Å². The molecule has 0 aliphatic carbocycles. The standard InChI is InChI=1S/C24H32N5O5P.C2H6/c1-16(2)32-23(30)24(3,4)28-35(34-17-8-6-5-7-9-17)31-14-18-10-13-21(33-18)19-11-12-20-22(25)26-15-27-29(19)20;1-2/h5-9,11-12,15-16,18,21,28H,10,13-14H2,1-4H3,(H2,25,26,27);1-2H3. The van der Waals surface area contributed by atoms with Gasteiger partial charge in [0.15, 0.2) is 5.82 Å². The highest BCUT2D eigenvalue weighted by Gasteiger charge is 2.36. The Hall–Kier alpha value is -2.78. The van der Waals surface area contributed by atoms with Gasteiger partial charge in [0.05, 0.1) is 24.5 Å². The number of carbonyl (C=O) groups is 1. The molecule has 0 amide bonds. The summed E-state index contributed by atoms with van der Waals surface area (Å²) in [6.45, 7) is 11.4. The molecule has 202 valence electrons. The van der Waals surface area contributed by atoms with Crippen molar-refractivity contribution < 1.29 is 23.3 Å². The van der Waals surface area contributed by atoms with Crippen molar-refractivity contribution >= 4 is 25.8 Å². The third-order valence-electron chi connectivity index (χ3n) is 5.48. The summed E-state index contributed by atoms with van der Waals surface area (Å²) < 4.78 is 25.6. The molecule has 1 aliphatic rings. The predicted octanol–water partition coefficient (Wildman–Crippen LogP) is 5.20. The zero-order valence-electron chi connectivity index (χ0n) is 22.4. The minimum absolute atomic E-state index is 0.132. The van der Waals surface area contributed by atoms with Gasteiger partial charge in [0.1, 0.15) is 29.2 Å². The summed E-state index contributed by atoms with van der Waals surface area (Å²) in [5.74, 6) is 0.692. The normalized spacial score (nSPS) is 18.4. The van der Waals surface area contributed by atoms with E-state index in [0.717, 1.165) is 24.1 Å². The number of hydrogen-bond donors (Lipinski definition) is 2. The Bertz CT molecular complexity index is 1140. The van der Waals surface area contributed by atoms with Gasteiger partial charge in [0.2, 0.25) is 0 Å². The van der Waals surface area contributed by atoms with E-state index in [9.17, 15) is 4.79 Å². The molecule has 0 radical (unpaired) electrons. The van der Waals surface area contributed by atoms with Gasteiger partial charge in [0, 0.05) is 0 Å². The maximum Gasteiger partial charge on any atom is 0.326 e. The molecule has 10 nitrogen and oxygen atoms in total. The van der Waals surface area contributed by atoms with Crippen molar-refractivity contribution in [1.82, 2.24) is 19.7 Å². The predicted molar refractivity (Wildman–Crippen MR) is 144 cm³/mol. The van der Waals surface area contributed by atoms with Crippen LogP contribution in [-0.4, -0.2) is 44.9 Å². The Kier molecular flexibility index (Phi) is 10.2. The maximum atomic E-state index is 12.6. The largest absolute Gasteiger partial charge is 0.462 e. The quantitative estimate of drug-likeness (QED) is 0.268. The number of nitrogens with zero attached hydrogens (tertiary/aromatic N) is 3. The number of rotatable bonds is 10. The van der Waals surface area contributed by atoms with Gasteiger partial charge in [0.25, 0.3) is 0 Å². The topological polar surface area (TPSA) is 122 Å². The first-order valence-corrected chi connectivity index (χ1v) is 13.8. The second-order valence-corrected chi connectivity index (χ2v) is 10.4. The first-order chi connectivity index (χ1) is 17.7. The van der Waals surface area contributed by atoms with Crippen LogP contribution in [0.5, 0.6) is 5.75 Å². The lowest BCUT2D eigenvalue weighted by Gasteiger charge is -2.29. The van der Waals surface area contributed by atoms with Crippen molar-refractivity contribution in [2.24, 2.45) is 0 Å². The molecule has 3 unspecified atom stereocenters. The summed E-state index contributed by atoms with van der Waals surface area (Å²) in [6.07, 6.45) is 2.58. The SMILES string of the molecule is CC.CC(C)OC(=O)C(C)(C)NP(OCC1CCC(c2ccc3c(N)ncnn23)O1)Oc1ccccc1. The lowest BCUT2D eigenvalue weighted by atomic mass is 10.1. The average molecular weight is 532 g/mol. The van der Waals surface area contributed by atoms with Crippen LogP contribution in [0.25, 0.3) is 5.52 Å². The number of benzene rings is 1.